The van der Waals surface area contributed by atoms with Crippen LogP contribution in [0.2, 0.25) is 0 Å². The SMILES string of the molecule is CCC(C)C(C)=O.CCC(C)c1cc(N(C)C)cc2c1N(C(=O)OC(C)(C)C)c1ccc(N(C)C)cc1S2.CCC(C)c1ccc(C(=O)N2c3ccc(C=O)cc3Sc3cc(OC(=O)OC(C)(C)C)ccc32)cc1.CCOC(=O)/C(C#N)=C/c1ccc(N(C)C(=O)OC(C)(C)C)cc1.COCC(C)CNc1ccc2c(c1)Sc1cc(NC(=O)OC)ccc1N2C(=O)OC(C)(C)C. The van der Waals surface area contributed by atoms with Gasteiger partial charge >= 0.3 is 36.5 Å². The fraction of sp³-hybridized carbons (Fsp3) is 0.412. The number of Topliss-reactive ketones (excluding diaryl/α,β-unsaturated/α-hetero) is 1. The lowest BCUT2D eigenvalue weighted by molar-refractivity contribution is -0.138. The van der Waals surface area contributed by atoms with Crippen molar-refractivity contribution in [2.45, 2.75) is 228 Å². The fourth-order valence-electron chi connectivity index (χ4n) is 12.8. The molecule has 4 unspecified atom stereocenters. The molecule has 0 aliphatic carbocycles. The highest BCUT2D eigenvalue weighted by Crippen LogP contribution is 2.56. The summed E-state index contributed by atoms with van der Waals surface area (Å²) in [5.41, 5.74) is 10.5. The van der Waals surface area contributed by atoms with Crippen molar-refractivity contribution in [2.75, 3.05) is 109 Å². The molecule has 8 aromatic rings. The van der Waals surface area contributed by atoms with Crippen LogP contribution in [-0.4, -0.2) is 146 Å². The molecule has 3 aliphatic heterocycles. The molecule has 3 aliphatic rings. The number of amides is 5. The number of nitrogens with zero attached hydrogens (tertiary/aromatic N) is 7. The summed E-state index contributed by atoms with van der Waals surface area (Å²) in [5.74, 6) is 1.08. The predicted octanol–water partition coefficient (Wildman–Crippen LogP) is 25.9. The van der Waals surface area contributed by atoms with Gasteiger partial charge in [-0.05, 0) is 284 Å². The van der Waals surface area contributed by atoms with Crippen LogP contribution >= 0.6 is 35.3 Å². The zero-order valence-corrected chi connectivity index (χ0v) is 83.4. The van der Waals surface area contributed by atoms with E-state index in [1.54, 1.807) is 169 Å². The summed E-state index contributed by atoms with van der Waals surface area (Å²) in [4.78, 5) is 126. The molecular weight excluding hydrogens is 1720 g/mol. The number of ether oxygens (including phenoxy) is 8. The Balaban J connectivity index is 0.000000235. The van der Waals surface area contributed by atoms with Crippen LogP contribution in [0.15, 0.2) is 187 Å². The van der Waals surface area contributed by atoms with Gasteiger partial charge in [0, 0.05) is 124 Å². The summed E-state index contributed by atoms with van der Waals surface area (Å²) in [7, 11) is 12.8. The quantitative estimate of drug-likeness (QED) is 0.0169. The van der Waals surface area contributed by atoms with Gasteiger partial charge in [-0.1, -0.05) is 108 Å². The first kappa shape index (κ1) is 106. The molecule has 0 aromatic heterocycles. The molecule has 26 nitrogen and oxygen atoms in total. The number of ketones is 1. The highest BCUT2D eigenvalue weighted by atomic mass is 32.2. The van der Waals surface area contributed by atoms with Crippen molar-refractivity contribution >= 4 is 158 Å². The van der Waals surface area contributed by atoms with Crippen molar-refractivity contribution in [3.63, 3.8) is 0 Å². The molecule has 3 heterocycles. The molecular formula is C102H129N9O17S3. The summed E-state index contributed by atoms with van der Waals surface area (Å²) >= 11 is 4.65. The minimum Gasteiger partial charge on any atom is -0.462 e. The van der Waals surface area contributed by atoms with Crippen molar-refractivity contribution in [3.05, 3.63) is 185 Å². The molecule has 8 aromatic carbocycles. The van der Waals surface area contributed by atoms with E-state index in [1.807, 2.05) is 130 Å². The van der Waals surface area contributed by atoms with Gasteiger partial charge in [0.2, 0.25) is 0 Å². The van der Waals surface area contributed by atoms with Crippen molar-refractivity contribution in [1.82, 2.24) is 0 Å². The van der Waals surface area contributed by atoms with Gasteiger partial charge in [-0.15, -0.1) is 0 Å². The van der Waals surface area contributed by atoms with Crippen molar-refractivity contribution in [2.24, 2.45) is 11.8 Å². The first-order valence-electron chi connectivity index (χ1n) is 43.6. The van der Waals surface area contributed by atoms with E-state index >= 15 is 0 Å². The molecule has 702 valence electrons. The van der Waals surface area contributed by atoms with E-state index in [0.717, 1.165) is 95.6 Å². The first-order valence-corrected chi connectivity index (χ1v) is 46.0. The molecule has 131 heavy (non-hydrogen) atoms. The Labute approximate surface area is 786 Å². The molecule has 0 bridgehead atoms. The standard InChI is InChI=1S/C29H29NO5S.C25H35N3O2S.C24H31N3O5S.C18H22N2O4.C6H12O/c1-6-18(2)20-8-10-21(11-9-20)27(32)30-23-13-7-19(17-31)15-25(23)36-26-16-22(12-14-24(26)30)34-28(33)35-29(3,4)5;1-10-16(2)19-13-18(27(8)9)15-22-23(19)28(24(29)30-25(3,4)5)20-12-11-17(26(6)7)14-21(20)31-22;1-15(14-30-5)13-25-16-7-9-18-20(11-16)33-21-12-17(26-22(28)31-6)8-10-19(21)27(18)23(29)32-24(2,3)4;1-6-23-16(21)14(12-19)11-13-7-9-15(10-8-13)20(5)17(22)24-18(2,3)4;1-4-5(2)6(3)7/h7-18H,6H2,1-5H3;11-16H,10H2,1-9H3;7-12,15,25H,13-14H2,1-6H3,(H,26,28);7-11H,6H2,1-5H3;5H,4H2,1-3H3/b;;;14-11+;. The largest absolute Gasteiger partial charge is 0.514 e. The predicted molar refractivity (Wildman–Crippen MR) is 526 cm³/mol. The van der Waals surface area contributed by atoms with Gasteiger partial charge in [0.05, 0.1) is 54.4 Å². The van der Waals surface area contributed by atoms with E-state index in [2.05, 4.69) is 98.1 Å². The number of benzene rings is 8. The number of rotatable bonds is 21. The van der Waals surface area contributed by atoms with Gasteiger partial charge in [0.15, 0.2) is 0 Å². The van der Waals surface area contributed by atoms with E-state index in [0.29, 0.717) is 81.0 Å². The number of hydrogen-bond acceptors (Lipinski definition) is 24. The molecule has 5 amide bonds. The Morgan fingerprint density at radius 2 is 0.992 bits per heavy atom. The zero-order valence-electron chi connectivity index (χ0n) is 80.9. The lowest BCUT2D eigenvalue weighted by atomic mass is 9.95. The molecule has 2 N–H and O–H groups in total. The van der Waals surface area contributed by atoms with Gasteiger partial charge in [-0.25, -0.2) is 38.6 Å². The molecule has 29 heteroatoms. The molecule has 0 radical (unpaired) electrons. The monoisotopic (exact) mass is 1850 g/mol. The van der Waals surface area contributed by atoms with Crippen molar-refractivity contribution in [1.29, 1.82) is 5.26 Å². The average molecular weight is 1850 g/mol. The summed E-state index contributed by atoms with van der Waals surface area (Å²) in [6.07, 6.45) is 2.56. The fourth-order valence-corrected chi connectivity index (χ4v) is 16.2. The maximum atomic E-state index is 13.8. The lowest BCUT2D eigenvalue weighted by Gasteiger charge is -2.36. The smallest absolute Gasteiger partial charge is 0.462 e. The van der Waals surface area contributed by atoms with Crippen LogP contribution < -0.4 is 44.8 Å². The van der Waals surface area contributed by atoms with Crippen LogP contribution in [0.3, 0.4) is 0 Å². The Morgan fingerprint density at radius 1 is 0.511 bits per heavy atom. The Hall–Kier alpha value is -12.0. The molecule has 0 spiro atoms. The van der Waals surface area contributed by atoms with Crippen LogP contribution in [0.4, 0.5) is 86.5 Å². The number of hydrogen-bond donors (Lipinski definition) is 2. The number of carbonyl (C=O) groups excluding carboxylic acids is 9. The highest BCUT2D eigenvalue weighted by Gasteiger charge is 2.38. The second-order valence-corrected chi connectivity index (χ2v) is 39.3. The lowest BCUT2D eigenvalue weighted by Crippen LogP contribution is -2.36. The third kappa shape index (κ3) is 30.6. The Bertz CT molecular complexity index is 5450. The average Bonchev–Trinajstić information content (AvgIpc) is 0.737. The highest BCUT2D eigenvalue weighted by molar-refractivity contribution is 8.00. The number of anilines is 11. The van der Waals surface area contributed by atoms with Crippen molar-refractivity contribution in [3.8, 4) is 11.8 Å². The topological polar surface area (TPSA) is 295 Å². The second kappa shape index (κ2) is 47.2. The molecule has 0 saturated heterocycles. The minimum atomic E-state index is -0.804. The van der Waals surface area contributed by atoms with Gasteiger partial charge in [-0.2, -0.15) is 5.26 Å². The molecule has 0 fully saturated rings. The summed E-state index contributed by atoms with van der Waals surface area (Å²) in [5, 5.41) is 15.1. The maximum Gasteiger partial charge on any atom is 0.514 e. The van der Waals surface area contributed by atoms with E-state index in [-0.39, 0.29) is 30.1 Å². The number of carbonyl (C=O) groups is 9. The van der Waals surface area contributed by atoms with Crippen LogP contribution in [0.1, 0.15) is 214 Å². The van der Waals surface area contributed by atoms with E-state index < -0.39 is 52.8 Å². The first-order chi connectivity index (χ1) is 61.5. The number of nitriles is 1. The number of methoxy groups -OCH3 is 2. The van der Waals surface area contributed by atoms with Crippen LogP contribution in [-0.2, 0) is 42.7 Å². The van der Waals surface area contributed by atoms with Gasteiger partial charge < -0.3 is 53.0 Å². The number of esters is 1. The minimum absolute atomic E-state index is 0.0786. The Morgan fingerprint density at radius 3 is 1.50 bits per heavy atom. The maximum absolute atomic E-state index is 13.8. The van der Waals surface area contributed by atoms with Crippen LogP contribution in [0.25, 0.3) is 6.08 Å². The molecule has 4 atom stereocenters. The van der Waals surface area contributed by atoms with Gasteiger partial charge in [0.1, 0.15) is 51.9 Å². The van der Waals surface area contributed by atoms with Crippen LogP contribution in [0, 0.1) is 23.2 Å². The number of nitrogens with one attached hydrogen (secondary N) is 2. The summed E-state index contributed by atoms with van der Waals surface area (Å²) < 4.78 is 42.2. The van der Waals surface area contributed by atoms with Gasteiger partial charge in [0.25, 0.3) is 5.91 Å². The number of fused-ring (bicyclic) bond motifs is 6. The zero-order chi connectivity index (χ0) is 97.5. The summed E-state index contributed by atoms with van der Waals surface area (Å²) in [6.45, 7) is 41.6. The van der Waals surface area contributed by atoms with E-state index in [9.17, 15) is 43.2 Å². The normalized spacial score (nSPS) is 13.2. The Kier molecular flexibility index (Phi) is 38.2. The molecule has 0 saturated carbocycles. The number of aldehydes is 1. The summed E-state index contributed by atoms with van der Waals surface area (Å²) in [6, 6.07) is 48.5. The van der Waals surface area contributed by atoms with E-state index in [4.69, 9.17) is 38.4 Å². The molecule has 11 rings (SSSR count). The van der Waals surface area contributed by atoms with Crippen molar-refractivity contribution < 1.29 is 81.0 Å². The van der Waals surface area contributed by atoms with Crippen LogP contribution in [0.5, 0.6) is 5.75 Å². The van der Waals surface area contributed by atoms with Gasteiger partial charge in [-0.3, -0.25) is 29.5 Å². The third-order valence-electron chi connectivity index (χ3n) is 20.3. The second-order valence-electron chi connectivity index (χ2n) is 36.0. The van der Waals surface area contributed by atoms with E-state index in [1.165, 1.54) is 52.7 Å². The third-order valence-corrected chi connectivity index (χ3v) is 23.5.